The van der Waals surface area contributed by atoms with Crippen molar-refractivity contribution in [2.45, 2.75) is 6.54 Å². The third-order valence-corrected chi connectivity index (χ3v) is 4.28. The van der Waals surface area contributed by atoms with Crippen molar-refractivity contribution in [3.8, 4) is 11.9 Å². The Balaban J connectivity index is 1.83. The molecule has 0 radical (unpaired) electrons. The highest BCUT2D eigenvalue weighted by Gasteiger charge is 2.13. The summed E-state index contributed by atoms with van der Waals surface area (Å²) in [5, 5.41) is 14.5. The summed E-state index contributed by atoms with van der Waals surface area (Å²) in [7, 11) is 1.64. The number of pyridine rings is 1. The number of aliphatic imine (C=N–C) groups is 1. The number of anilines is 1. The van der Waals surface area contributed by atoms with Crippen LogP contribution in [-0.2, 0) is 6.54 Å². The minimum Gasteiger partial charge on any atom is -0.497 e. The molecule has 28 heavy (non-hydrogen) atoms. The van der Waals surface area contributed by atoms with Crippen LogP contribution in [0.15, 0.2) is 65.9 Å². The number of nitriles is 1. The highest BCUT2D eigenvalue weighted by atomic mass is 16.5. The highest BCUT2D eigenvalue weighted by Crippen LogP contribution is 2.19. The minimum absolute atomic E-state index is 0.436. The second kappa shape index (κ2) is 9.35. The first-order chi connectivity index (χ1) is 13.7. The molecule has 0 atom stereocenters. The fourth-order valence-corrected chi connectivity index (χ4v) is 2.88. The molecule has 0 saturated carbocycles. The maximum absolute atomic E-state index is 9.18. The van der Waals surface area contributed by atoms with E-state index in [0.29, 0.717) is 25.6 Å². The van der Waals surface area contributed by atoms with Gasteiger partial charge in [0.1, 0.15) is 5.75 Å². The second-order valence-corrected chi connectivity index (χ2v) is 6.16. The van der Waals surface area contributed by atoms with Crippen LogP contribution in [0.2, 0.25) is 0 Å². The molecule has 2 aromatic carbocycles. The average Bonchev–Trinajstić information content (AvgIpc) is 2.73. The maximum Gasteiger partial charge on any atom is 0.214 e. The Kier molecular flexibility index (Phi) is 6.39. The van der Waals surface area contributed by atoms with Crippen LogP contribution in [0.25, 0.3) is 10.8 Å². The Bertz CT molecular complexity index is 994. The lowest BCUT2D eigenvalue weighted by Crippen LogP contribution is -2.39. The summed E-state index contributed by atoms with van der Waals surface area (Å²) in [6.07, 6.45) is 5.45. The first kappa shape index (κ1) is 19.1. The van der Waals surface area contributed by atoms with Gasteiger partial charge >= 0.3 is 0 Å². The van der Waals surface area contributed by atoms with E-state index in [9.17, 15) is 5.26 Å². The number of hydrogen-bond acceptors (Lipinski definition) is 5. The fraction of sp³-hybridized carbons (Fsp3) is 0.190. The van der Waals surface area contributed by atoms with Gasteiger partial charge in [-0.15, -0.1) is 4.99 Å². The van der Waals surface area contributed by atoms with E-state index in [2.05, 4.69) is 15.3 Å². The van der Waals surface area contributed by atoms with E-state index < -0.39 is 0 Å². The summed E-state index contributed by atoms with van der Waals surface area (Å²) in [5.41, 5.74) is 7.69. The van der Waals surface area contributed by atoms with Crippen molar-refractivity contribution in [2.24, 2.45) is 10.7 Å². The molecule has 0 saturated heterocycles. The van der Waals surface area contributed by atoms with Gasteiger partial charge in [0.05, 0.1) is 7.11 Å². The largest absolute Gasteiger partial charge is 0.497 e. The van der Waals surface area contributed by atoms with Crippen molar-refractivity contribution in [3.63, 3.8) is 0 Å². The number of ether oxygens (including phenoxy) is 1. The number of fused-ring (bicyclic) bond motifs is 1. The molecule has 1 aromatic heterocycles. The summed E-state index contributed by atoms with van der Waals surface area (Å²) in [5.74, 6) is 1.25. The van der Waals surface area contributed by atoms with Gasteiger partial charge in [-0.1, -0.05) is 18.2 Å². The molecule has 0 amide bonds. The summed E-state index contributed by atoms with van der Waals surface area (Å²) < 4.78 is 5.20. The first-order valence-electron chi connectivity index (χ1n) is 8.89. The lowest BCUT2D eigenvalue weighted by atomic mass is 10.1. The quantitative estimate of drug-likeness (QED) is 0.391. The third-order valence-electron chi connectivity index (χ3n) is 4.28. The van der Waals surface area contributed by atoms with Crippen LogP contribution in [0.1, 0.15) is 5.56 Å². The zero-order chi connectivity index (χ0) is 19.8. The lowest BCUT2D eigenvalue weighted by Gasteiger charge is -2.26. The van der Waals surface area contributed by atoms with E-state index in [4.69, 9.17) is 10.5 Å². The smallest absolute Gasteiger partial charge is 0.214 e. The molecular weight excluding hydrogens is 352 g/mol. The summed E-state index contributed by atoms with van der Waals surface area (Å²) in [6.45, 7) is 1.55. The molecule has 0 spiro atoms. The van der Waals surface area contributed by atoms with Crippen molar-refractivity contribution in [1.29, 1.82) is 5.26 Å². The average molecular weight is 374 g/mol. The molecule has 0 aliphatic heterocycles. The predicted molar refractivity (Wildman–Crippen MR) is 111 cm³/mol. The van der Waals surface area contributed by atoms with Gasteiger partial charge in [0.2, 0.25) is 12.2 Å². The van der Waals surface area contributed by atoms with Gasteiger partial charge in [-0.05, 0) is 41.3 Å². The van der Waals surface area contributed by atoms with Gasteiger partial charge in [-0.2, -0.15) is 5.26 Å². The van der Waals surface area contributed by atoms with E-state index in [1.54, 1.807) is 13.3 Å². The SMILES string of the molecule is COc1ccc(CN(CCN)/C(=N\C#N)Nc2ccc3cnccc3c2)cc1. The van der Waals surface area contributed by atoms with Crippen molar-refractivity contribution in [1.82, 2.24) is 9.88 Å². The normalized spacial score (nSPS) is 11.1. The van der Waals surface area contributed by atoms with Crippen molar-refractivity contribution in [2.75, 3.05) is 25.5 Å². The second-order valence-electron chi connectivity index (χ2n) is 6.16. The highest BCUT2D eigenvalue weighted by molar-refractivity contribution is 5.96. The number of rotatable bonds is 6. The van der Waals surface area contributed by atoms with E-state index in [0.717, 1.165) is 27.8 Å². The molecule has 0 fully saturated rings. The molecule has 7 heteroatoms. The predicted octanol–water partition coefficient (Wildman–Crippen LogP) is 2.95. The minimum atomic E-state index is 0.436. The zero-order valence-electron chi connectivity index (χ0n) is 15.7. The summed E-state index contributed by atoms with van der Waals surface area (Å²) >= 11 is 0. The maximum atomic E-state index is 9.18. The lowest BCUT2D eigenvalue weighted by molar-refractivity contribution is 0.411. The van der Waals surface area contributed by atoms with Crippen LogP contribution in [0.3, 0.4) is 0 Å². The molecule has 0 aliphatic rings. The molecule has 3 aromatic rings. The van der Waals surface area contributed by atoms with Crippen LogP contribution in [0.4, 0.5) is 5.69 Å². The molecule has 7 nitrogen and oxygen atoms in total. The van der Waals surface area contributed by atoms with Gasteiger partial charge < -0.3 is 20.7 Å². The standard InChI is InChI=1S/C21H22N6O/c1-28-20-6-2-16(3-7-20)14-27(11-9-22)21(25-15-23)26-19-5-4-18-13-24-10-8-17(18)12-19/h2-8,10,12-13H,9,11,14,22H2,1H3,(H,25,26). The van der Waals surface area contributed by atoms with Gasteiger partial charge in [0, 0.05) is 43.1 Å². The Morgan fingerprint density at radius 1 is 1.21 bits per heavy atom. The Morgan fingerprint density at radius 2 is 2.04 bits per heavy atom. The van der Waals surface area contributed by atoms with Crippen LogP contribution in [0, 0.1) is 11.5 Å². The first-order valence-corrected chi connectivity index (χ1v) is 8.89. The van der Waals surface area contributed by atoms with Crippen LogP contribution >= 0.6 is 0 Å². The number of nitrogens with two attached hydrogens (primary N) is 1. The van der Waals surface area contributed by atoms with Gasteiger partial charge in [0.15, 0.2) is 0 Å². The molecule has 142 valence electrons. The van der Waals surface area contributed by atoms with Crippen LogP contribution < -0.4 is 15.8 Å². The Morgan fingerprint density at radius 3 is 2.75 bits per heavy atom. The molecule has 0 aliphatic carbocycles. The van der Waals surface area contributed by atoms with Gasteiger partial charge in [-0.3, -0.25) is 4.98 Å². The van der Waals surface area contributed by atoms with Crippen molar-refractivity contribution in [3.05, 3.63) is 66.5 Å². The molecule has 3 rings (SSSR count). The molecule has 1 heterocycles. The molecule has 3 N–H and O–H groups in total. The number of aromatic nitrogens is 1. The van der Waals surface area contributed by atoms with E-state index in [1.165, 1.54) is 0 Å². The van der Waals surface area contributed by atoms with Crippen molar-refractivity contribution < 1.29 is 4.74 Å². The van der Waals surface area contributed by atoms with Gasteiger partial charge in [-0.25, -0.2) is 0 Å². The molecule has 0 bridgehead atoms. The topological polar surface area (TPSA) is 99.6 Å². The van der Waals surface area contributed by atoms with E-state index >= 15 is 0 Å². The zero-order valence-corrected chi connectivity index (χ0v) is 15.7. The van der Waals surface area contributed by atoms with Crippen LogP contribution in [0.5, 0.6) is 5.75 Å². The Hall–Kier alpha value is -3.63. The number of nitrogens with one attached hydrogen (secondary N) is 1. The molecule has 0 unspecified atom stereocenters. The number of guanidine groups is 1. The van der Waals surface area contributed by atoms with Crippen molar-refractivity contribution >= 4 is 22.4 Å². The number of nitrogens with zero attached hydrogens (tertiary/aromatic N) is 4. The summed E-state index contributed by atoms with van der Waals surface area (Å²) in [4.78, 5) is 10.1. The van der Waals surface area contributed by atoms with E-state index in [-0.39, 0.29) is 0 Å². The monoisotopic (exact) mass is 374 g/mol. The number of methoxy groups -OCH3 is 1. The number of hydrogen-bond donors (Lipinski definition) is 2. The number of benzene rings is 2. The third kappa shape index (κ3) is 4.75. The van der Waals surface area contributed by atoms with E-state index in [1.807, 2.05) is 65.8 Å². The molecular formula is C21H22N6O. The fourth-order valence-electron chi connectivity index (χ4n) is 2.88. The van der Waals surface area contributed by atoms with Gasteiger partial charge in [0.25, 0.3) is 0 Å². The Labute approximate surface area is 164 Å². The summed E-state index contributed by atoms with van der Waals surface area (Å²) in [6, 6.07) is 15.6. The van der Waals surface area contributed by atoms with Crippen LogP contribution in [-0.4, -0.2) is 36.0 Å².